The van der Waals surface area contributed by atoms with E-state index >= 15 is 0 Å². The van der Waals surface area contributed by atoms with Crippen LogP contribution in [-0.2, 0) is 21.2 Å². The Hall–Kier alpha value is -2.18. The van der Waals surface area contributed by atoms with Crippen LogP contribution in [-0.4, -0.2) is 26.9 Å². The van der Waals surface area contributed by atoms with Crippen LogP contribution in [0.2, 0.25) is 0 Å². The number of amides is 1. The summed E-state index contributed by atoms with van der Waals surface area (Å²) < 4.78 is 27.4. The third kappa shape index (κ3) is 6.67. The van der Waals surface area contributed by atoms with E-state index in [0.717, 1.165) is 38.5 Å². The van der Waals surface area contributed by atoms with Crippen molar-refractivity contribution in [2.45, 2.75) is 56.4 Å². The van der Waals surface area contributed by atoms with Crippen molar-refractivity contribution in [1.82, 2.24) is 10.0 Å². The van der Waals surface area contributed by atoms with Gasteiger partial charge in [0.15, 0.2) is 0 Å². The summed E-state index contributed by atoms with van der Waals surface area (Å²) in [6.07, 6.45) is 5.24. The van der Waals surface area contributed by atoms with Gasteiger partial charge in [-0.2, -0.15) is 0 Å². The molecule has 1 atom stereocenters. The normalized spacial score (nSPS) is 20.4. The molecule has 3 rings (SSSR count). The summed E-state index contributed by atoms with van der Waals surface area (Å²) in [5.41, 5.74) is 1.29. The second-order valence-corrected chi connectivity index (χ2v) is 10.1. The number of rotatable bonds is 9. The number of benzene rings is 2. The highest BCUT2D eigenvalue weighted by Crippen LogP contribution is 2.29. The topological polar surface area (TPSA) is 75.3 Å². The first-order valence-corrected chi connectivity index (χ1v) is 12.3. The van der Waals surface area contributed by atoms with E-state index in [4.69, 9.17) is 0 Å². The minimum atomic E-state index is -3.46. The maximum atomic E-state index is 12.6. The van der Waals surface area contributed by atoms with Crippen molar-refractivity contribution in [1.29, 1.82) is 0 Å². The summed E-state index contributed by atoms with van der Waals surface area (Å²) in [5.74, 6) is 0.452. The summed E-state index contributed by atoms with van der Waals surface area (Å²) in [4.78, 5) is 12.9. The number of hydrogen-bond acceptors (Lipinski definition) is 3. The highest BCUT2D eigenvalue weighted by atomic mass is 32.2. The maximum Gasteiger partial charge on any atom is 0.240 e. The fourth-order valence-corrected chi connectivity index (χ4v) is 5.14. The summed E-state index contributed by atoms with van der Waals surface area (Å²) in [5, 5.41) is 3.16. The number of carbonyl (C=O) groups is 1. The minimum absolute atomic E-state index is 0.0335. The molecule has 1 aliphatic carbocycles. The van der Waals surface area contributed by atoms with Gasteiger partial charge in [-0.3, -0.25) is 4.79 Å². The van der Waals surface area contributed by atoms with Gasteiger partial charge in [0.05, 0.1) is 4.90 Å². The molecule has 0 aliphatic heterocycles. The lowest BCUT2D eigenvalue weighted by atomic mass is 9.81. The molecule has 1 aliphatic rings. The summed E-state index contributed by atoms with van der Waals surface area (Å²) in [6, 6.07) is 18.9. The molecule has 2 aromatic rings. The predicted octanol–water partition coefficient (Wildman–Crippen LogP) is 3.91. The van der Waals surface area contributed by atoms with Crippen molar-refractivity contribution in [2.75, 3.05) is 6.54 Å². The van der Waals surface area contributed by atoms with Crippen LogP contribution < -0.4 is 10.0 Å². The van der Waals surface area contributed by atoms with Crippen LogP contribution in [0.3, 0.4) is 0 Å². The third-order valence-corrected chi connectivity index (χ3v) is 7.37. The van der Waals surface area contributed by atoms with Crippen molar-refractivity contribution < 1.29 is 13.2 Å². The van der Waals surface area contributed by atoms with E-state index in [0.29, 0.717) is 11.4 Å². The monoisotopic (exact) mass is 428 g/mol. The van der Waals surface area contributed by atoms with Crippen LogP contribution in [0, 0.1) is 11.8 Å². The molecule has 0 heterocycles. The molecule has 162 valence electrons. The van der Waals surface area contributed by atoms with Crippen molar-refractivity contribution >= 4 is 15.9 Å². The van der Waals surface area contributed by atoms with E-state index in [1.165, 1.54) is 5.56 Å². The lowest BCUT2D eigenvalue weighted by Crippen LogP contribution is -2.40. The van der Waals surface area contributed by atoms with E-state index in [1.807, 2.05) is 18.2 Å². The SMILES string of the molecule is C[C@H](CCc1ccccc1)NC(=O)C1CCC(CNS(=O)(=O)c2ccccc2)CC1. The van der Waals surface area contributed by atoms with Crippen molar-refractivity contribution in [2.24, 2.45) is 11.8 Å². The molecule has 0 saturated heterocycles. The van der Waals surface area contributed by atoms with Gasteiger partial charge in [-0.05, 0) is 69.1 Å². The average Bonchev–Trinajstić information content (AvgIpc) is 2.78. The number of aryl methyl sites for hydroxylation is 1. The highest BCUT2D eigenvalue weighted by Gasteiger charge is 2.27. The molecule has 0 unspecified atom stereocenters. The van der Waals surface area contributed by atoms with Crippen LogP contribution >= 0.6 is 0 Å². The first kappa shape index (κ1) is 22.5. The number of nitrogens with one attached hydrogen (secondary N) is 2. The highest BCUT2D eigenvalue weighted by molar-refractivity contribution is 7.89. The summed E-state index contributed by atoms with van der Waals surface area (Å²) in [7, 11) is -3.46. The molecule has 0 bridgehead atoms. The molecular weight excluding hydrogens is 396 g/mol. The molecule has 5 nitrogen and oxygen atoms in total. The zero-order valence-corrected chi connectivity index (χ0v) is 18.4. The van der Waals surface area contributed by atoms with Crippen LogP contribution in [0.1, 0.15) is 44.6 Å². The molecule has 6 heteroatoms. The molecular formula is C24H32N2O3S. The maximum absolute atomic E-state index is 12.6. The second kappa shape index (κ2) is 10.7. The van der Waals surface area contributed by atoms with Crippen molar-refractivity contribution in [3.05, 3.63) is 66.2 Å². The smallest absolute Gasteiger partial charge is 0.240 e. The quantitative estimate of drug-likeness (QED) is 0.636. The first-order valence-electron chi connectivity index (χ1n) is 10.8. The Morgan fingerprint density at radius 3 is 2.20 bits per heavy atom. The van der Waals surface area contributed by atoms with E-state index in [-0.39, 0.29) is 23.8 Å². The van der Waals surface area contributed by atoms with Crippen molar-refractivity contribution in [3.63, 3.8) is 0 Å². The van der Waals surface area contributed by atoms with Crippen molar-refractivity contribution in [3.8, 4) is 0 Å². The number of carbonyl (C=O) groups excluding carboxylic acids is 1. The molecule has 1 fully saturated rings. The van der Waals surface area contributed by atoms with E-state index < -0.39 is 10.0 Å². The first-order chi connectivity index (χ1) is 14.4. The summed E-state index contributed by atoms with van der Waals surface area (Å²) in [6.45, 7) is 2.49. The Balaban J connectivity index is 1.38. The lowest BCUT2D eigenvalue weighted by molar-refractivity contribution is -0.126. The number of hydrogen-bond donors (Lipinski definition) is 2. The predicted molar refractivity (Wildman–Crippen MR) is 119 cm³/mol. The molecule has 2 aromatic carbocycles. The Morgan fingerprint density at radius 2 is 1.57 bits per heavy atom. The van der Waals surface area contributed by atoms with Crippen LogP contribution in [0.25, 0.3) is 0 Å². The largest absolute Gasteiger partial charge is 0.353 e. The third-order valence-electron chi connectivity index (χ3n) is 5.93. The van der Waals surface area contributed by atoms with Gasteiger partial charge in [0.25, 0.3) is 0 Å². The molecule has 1 saturated carbocycles. The summed E-state index contributed by atoms with van der Waals surface area (Å²) >= 11 is 0. The van der Waals surface area contributed by atoms with Gasteiger partial charge < -0.3 is 5.32 Å². The molecule has 2 N–H and O–H groups in total. The van der Waals surface area contributed by atoms with Crippen LogP contribution in [0.4, 0.5) is 0 Å². The van der Waals surface area contributed by atoms with E-state index in [9.17, 15) is 13.2 Å². The van der Waals surface area contributed by atoms with Crippen LogP contribution in [0.15, 0.2) is 65.6 Å². The fourth-order valence-electron chi connectivity index (χ4n) is 4.00. The molecule has 0 radical (unpaired) electrons. The Kier molecular flexibility index (Phi) is 8.05. The molecule has 1 amide bonds. The van der Waals surface area contributed by atoms with Gasteiger partial charge in [-0.25, -0.2) is 13.1 Å². The zero-order valence-electron chi connectivity index (χ0n) is 17.6. The Labute approximate surface area is 180 Å². The van der Waals surface area contributed by atoms with Gasteiger partial charge in [0, 0.05) is 18.5 Å². The lowest BCUT2D eigenvalue weighted by Gasteiger charge is -2.28. The van der Waals surface area contributed by atoms with Gasteiger partial charge >= 0.3 is 0 Å². The van der Waals surface area contributed by atoms with Gasteiger partial charge in [-0.1, -0.05) is 48.5 Å². The second-order valence-electron chi connectivity index (χ2n) is 8.32. The van der Waals surface area contributed by atoms with Gasteiger partial charge in [-0.15, -0.1) is 0 Å². The Morgan fingerprint density at radius 1 is 0.967 bits per heavy atom. The fraction of sp³-hybridized carbons (Fsp3) is 0.458. The Bertz CT molecular complexity index is 893. The average molecular weight is 429 g/mol. The van der Waals surface area contributed by atoms with E-state index in [1.54, 1.807) is 30.3 Å². The van der Waals surface area contributed by atoms with Gasteiger partial charge in [0.2, 0.25) is 15.9 Å². The minimum Gasteiger partial charge on any atom is -0.353 e. The standard InChI is InChI=1S/C24H32N2O3S/c1-19(12-13-20-8-4-2-5-9-20)26-24(27)22-16-14-21(15-17-22)18-25-30(28,29)23-10-6-3-7-11-23/h2-11,19,21-22,25H,12-18H2,1H3,(H,26,27)/t19-,21?,22?/m1/s1. The van der Waals surface area contributed by atoms with Gasteiger partial charge in [0.1, 0.15) is 0 Å². The van der Waals surface area contributed by atoms with E-state index in [2.05, 4.69) is 29.1 Å². The molecule has 0 aromatic heterocycles. The van der Waals surface area contributed by atoms with Crippen LogP contribution in [0.5, 0.6) is 0 Å². The number of sulfonamides is 1. The molecule has 0 spiro atoms. The zero-order chi connectivity index (χ0) is 21.4. The molecule has 30 heavy (non-hydrogen) atoms.